The molecular formula is C19H26N4O3S2. The molecule has 0 aromatic carbocycles. The summed E-state index contributed by atoms with van der Waals surface area (Å²) in [6.45, 7) is 6.19. The number of anilines is 1. The molecule has 152 valence electrons. The predicted octanol–water partition coefficient (Wildman–Crippen LogP) is 3.88. The van der Waals surface area contributed by atoms with Crippen molar-refractivity contribution in [3.63, 3.8) is 0 Å². The smallest absolute Gasteiger partial charge is 0.341 e. The van der Waals surface area contributed by atoms with Crippen LogP contribution in [0.5, 0.6) is 0 Å². The van der Waals surface area contributed by atoms with Gasteiger partial charge in [-0.25, -0.2) is 4.79 Å². The number of methoxy groups -OCH3 is 1. The number of thioether (sulfide) groups is 1. The molecule has 9 heteroatoms. The first-order valence-corrected chi connectivity index (χ1v) is 11.4. The number of thiophene rings is 1. The summed E-state index contributed by atoms with van der Waals surface area (Å²) >= 11 is 2.86. The van der Waals surface area contributed by atoms with Gasteiger partial charge in [-0.15, -0.1) is 21.5 Å². The lowest BCUT2D eigenvalue weighted by Gasteiger charge is -2.13. The van der Waals surface area contributed by atoms with E-state index in [0.717, 1.165) is 48.6 Å². The number of rotatable bonds is 7. The van der Waals surface area contributed by atoms with Gasteiger partial charge in [0.15, 0.2) is 5.16 Å². The zero-order valence-corrected chi connectivity index (χ0v) is 18.3. The summed E-state index contributed by atoms with van der Waals surface area (Å²) in [6.07, 6.45) is 4.77. The maximum atomic E-state index is 12.6. The number of aromatic nitrogens is 3. The molecule has 0 saturated heterocycles. The number of hydrogen-bond acceptors (Lipinski definition) is 7. The van der Waals surface area contributed by atoms with Gasteiger partial charge in [-0.3, -0.25) is 4.79 Å². The molecule has 0 fully saturated rings. The van der Waals surface area contributed by atoms with E-state index in [2.05, 4.69) is 33.9 Å². The van der Waals surface area contributed by atoms with E-state index < -0.39 is 0 Å². The zero-order valence-electron chi connectivity index (χ0n) is 16.7. The summed E-state index contributed by atoms with van der Waals surface area (Å²) in [6, 6.07) is 0.227. The van der Waals surface area contributed by atoms with Gasteiger partial charge in [-0.1, -0.05) is 18.7 Å². The van der Waals surface area contributed by atoms with Crippen LogP contribution in [0.15, 0.2) is 5.16 Å². The van der Waals surface area contributed by atoms with E-state index in [1.807, 2.05) is 6.92 Å². The standard InChI is InChI=1S/C19H26N4O3S2/c1-5-14-21-22-19(23(14)11(2)3)27-10-15(24)20-17-16(18(25)26-4)12-8-6-7-9-13(12)28-17/h11H,5-10H2,1-4H3,(H,20,24). The van der Waals surface area contributed by atoms with Gasteiger partial charge in [-0.05, 0) is 45.1 Å². The second-order valence-electron chi connectivity index (χ2n) is 6.96. The van der Waals surface area contributed by atoms with Crippen LogP contribution < -0.4 is 5.32 Å². The lowest BCUT2D eigenvalue weighted by molar-refractivity contribution is -0.113. The van der Waals surface area contributed by atoms with Crippen LogP contribution >= 0.6 is 23.1 Å². The number of nitrogens with zero attached hydrogens (tertiary/aromatic N) is 3. The van der Waals surface area contributed by atoms with Crippen molar-refractivity contribution < 1.29 is 14.3 Å². The van der Waals surface area contributed by atoms with Gasteiger partial charge in [-0.2, -0.15) is 0 Å². The van der Waals surface area contributed by atoms with Crippen LogP contribution in [0.2, 0.25) is 0 Å². The average Bonchev–Trinajstić information content (AvgIpc) is 3.26. The van der Waals surface area contributed by atoms with Crippen molar-refractivity contribution in [2.45, 2.75) is 64.1 Å². The normalized spacial score (nSPS) is 13.5. The van der Waals surface area contributed by atoms with Crippen molar-refractivity contribution in [1.82, 2.24) is 14.8 Å². The van der Waals surface area contributed by atoms with Gasteiger partial charge in [0.25, 0.3) is 0 Å². The number of ether oxygens (including phenoxy) is 1. The number of nitrogens with one attached hydrogen (secondary N) is 1. The lowest BCUT2D eigenvalue weighted by Crippen LogP contribution is -2.17. The third-order valence-electron chi connectivity index (χ3n) is 4.71. The zero-order chi connectivity index (χ0) is 20.3. The fourth-order valence-electron chi connectivity index (χ4n) is 3.43. The van der Waals surface area contributed by atoms with Crippen molar-refractivity contribution in [3.8, 4) is 0 Å². The summed E-state index contributed by atoms with van der Waals surface area (Å²) in [5, 5.41) is 12.7. The summed E-state index contributed by atoms with van der Waals surface area (Å²) < 4.78 is 7.02. The maximum absolute atomic E-state index is 12.6. The van der Waals surface area contributed by atoms with Crippen molar-refractivity contribution >= 4 is 40.0 Å². The Hall–Kier alpha value is -1.87. The Balaban J connectivity index is 1.73. The molecule has 2 aromatic heterocycles. The molecule has 28 heavy (non-hydrogen) atoms. The number of carbonyl (C=O) groups excluding carboxylic acids is 2. The van der Waals surface area contributed by atoms with E-state index in [4.69, 9.17) is 4.74 Å². The van der Waals surface area contributed by atoms with E-state index in [1.165, 1.54) is 35.1 Å². The lowest BCUT2D eigenvalue weighted by atomic mass is 9.95. The van der Waals surface area contributed by atoms with E-state index >= 15 is 0 Å². The molecule has 1 N–H and O–H groups in total. The summed E-state index contributed by atoms with van der Waals surface area (Å²) in [5.74, 6) is 0.578. The minimum Gasteiger partial charge on any atom is -0.465 e. The van der Waals surface area contributed by atoms with Gasteiger partial charge in [0, 0.05) is 17.3 Å². The van der Waals surface area contributed by atoms with Crippen LogP contribution in [-0.4, -0.2) is 39.5 Å². The topological polar surface area (TPSA) is 86.1 Å². The molecule has 0 atom stereocenters. The van der Waals surface area contributed by atoms with Crippen molar-refractivity contribution in [1.29, 1.82) is 0 Å². The Morgan fingerprint density at radius 3 is 2.71 bits per heavy atom. The largest absolute Gasteiger partial charge is 0.465 e. The third kappa shape index (κ3) is 4.25. The van der Waals surface area contributed by atoms with Crippen molar-refractivity contribution in [2.75, 3.05) is 18.2 Å². The molecule has 0 spiro atoms. The van der Waals surface area contributed by atoms with Gasteiger partial charge in [0.1, 0.15) is 10.8 Å². The number of aryl methyl sites for hydroxylation is 2. The van der Waals surface area contributed by atoms with Crippen LogP contribution in [0.4, 0.5) is 5.00 Å². The number of amides is 1. The SMILES string of the molecule is CCc1nnc(SCC(=O)Nc2sc3c(c2C(=O)OC)CCCC3)n1C(C)C. The van der Waals surface area contributed by atoms with Gasteiger partial charge in [0.2, 0.25) is 5.91 Å². The monoisotopic (exact) mass is 422 g/mol. The minimum atomic E-state index is -0.380. The minimum absolute atomic E-state index is 0.162. The average molecular weight is 423 g/mol. The number of hydrogen-bond donors (Lipinski definition) is 1. The number of carbonyl (C=O) groups is 2. The molecule has 1 aliphatic carbocycles. The highest BCUT2D eigenvalue weighted by Gasteiger charge is 2.27. The summed E-state index contributed by atoms with van der Waals surface area (Å²) in [4.78, 5) is 26.1. The van der Waals surface area contributed by atoms with E-state index in [0.29, 0.717) is 10.6 Å². The first kappa shape index (κ1) is 20.9. The summed E-state index contributed by atoms with van der Waals surface area (Å²) in [5.41, 5.74) is 1.57. The highest BCUT2D eigenvalue weighted by atomic mass is 32.2. The Labute approximate surface area is 173 Å². The molecule has 0 unspecified atom stereocenters. The molecular weight excluding hydrogens is 396 g/mol. The fourth-order valence-corrected chi connectivity index (χ4v) is 5.61. The van der Waals surface area contributed by atoms with Gasteiger partial charge in [0.05, 0.1) is 18.4 Å². The van der Waals surface area contributed by atoms with Crippen LogP contribution in [0.25, 0.3) is 0 Å². The van der Waals surface area contributed by atoms with Crippen LogP contribution in [-0.2, 0) is 28.8 Å². The summed E-state index contributed by atoms with van der Waals surface area (Å²) in [7, 11) is 1.38. The Morgan fingerprint density at radius 2 is 2.04 bits per heavy atom. The third-order valence-corrected chi connectivity index (χ3v) is 6.86. The Morgan fingerprint density at radius 1 is 1.29 bits per heavy atom. The molecule has 2 aromatic rings. The molecule has 3 rings (SSSR count). The molecule has 0 radical (unpaired) electrons. The van der Waals surface area contributed by atoms with Crippen LogP contribution in [0.1, 0.15) is 66.3 Å². The second kappa shape index (κ2) is 9.09. The first-order chi connectivity index (χ1) is 13.5. The molecule has 0 aliphatic heterocycles. The van der Waals surface area contributed by atoms with E-state index in [9.17, 15) is 9.59 Å². The molecule has 1 aliphatic rings. The molecule has 2 heterocycles. The molecule has 7 nitrogen and oxygen atoms in total. The first-order valence-electron chi connectivity index (χ1n) is 9.55. The predicted molar refractivity (Wildman–Crippen MR) is 111 cm³/mol. The van der Waals surface area contributed by atoms with Crippen LogP contribution in [0, 0.1) is 0 Å². The maximum Gasteiger partial charge on any atom is 0.341 e. The van der Waals surface area contributed by atoms with Crippen molar-refractivity contribution in [3.05, 3.63) is 21.8 Å². The Bertz CT molecular complexity index is 873. The highest BCUT2D eigenvalue weighted by Crippen LogP contribution is 2.38. The molecule has 0 saturated carbocycles. The van der Waals surface area contributed by atoms with Gasteiger partial charge >= 0.3 is 5.97 Å². The Kier molecular flexibility index (Phi) is 6.77. The molecule has 0 bridgehead atoms. The molecule has 1 amide bonds. The van der Waals surface area contributed by atoms with Crippen molar-refractivity contribution in [2.24, 2.45) is 0 Å². The van der Waals surface area contributed by atoms with Gasteiger partial charge < -0.3 is 14.6 Å². The number of fused-ring (bicyclic) bond motifs is 1. The van der Waals surface area contributed by atoms with E-state index in [1.54, 1.807) is 0 Å². The second-order valence-corrected chi connectivity index (χ2v) is 9.01. The number of esters is 1. The highest BCUT2D eigenvalue weighted by molar-refractivity contribution is 7.99. The quantitative estimate of drug-likeness (QED) is 0.538. The fraction of sp³-hybridized carbons (Fsp3) is 0.579. The van der Waals surface area contributed by atoms with E-state index in [-0.39, 0.29) is 23.7 Å². The van der Waals surface area contributed by atoms with Crippen LogP contribution in [0.3, 0.4) is 0 Å².